The summed E-state index contributed by atoms with van der Waals surface area (Å²) >= 11 is 0. The molecule has 2 aromatic carbocycles. The van der Waals surface area contributed by atoms with Crippen molar-refractivity contribution in [1.29, 1.82) is 0 Å². The maximum atomic E-state index is 5.13. The van der Waals surface area contributed by atoms with Gasteiger partial charge in [-0.3, -0.25) is 20.6 Å². The molecule has 192 valence electrons. The van der Waals surface area contributed by atoms with Gasteiger partial charge >= 0.3 is 0 Å². The van der Waals surface area contributed by atoms with E-state index >= 15 is 0 Å². The third-order valence-electron chi connectivity index (χ3n) is 8.52. The minimum Gasteiger partial charge on any atom is -0.278 e. The zero-order valence-electron chi connectivity index (χ0n) is 22.2. The molecule has 6 heteroatoms. The molecule has 0 bridgehead atoms. The molecule has 2 N–H and O–H groups in total. The van der Waals surface area contributed by atoms with Crippen molar-refractivity contribution in [2.45, 2.75) is 88.9 Å². The van der Waals surface area contributed by atoms with Gasteiger partial charge in [0.15, 0.2) is 0 Å². The average molecular weight is 489 g/mol. The second-order valence-corrected chi connectivity index (χ2v) is 10.9. The fourth-order valence-corrected chi connectivity index (χ4v) is 6.73. The van der Waals surface area contributed by atoms with E-state index in [4.69, 9.17) is 19.7 Å². The number of aliphatic imine (C=N–C) groups is 2. The van der Waals surface area contributed by atoms with Crippen molar-refractivity contribution < 1.29 is 9.68 Å². The third kappa shape index (κ3) is 4.35. The highest BCUT2D eigenvalue weighted by Crippen LogP contribution is 2.49. The zero-order chi connectivity index (χ0) is 25.2. The first-order chi connectivity index (χ1) is 17.5. The van der Waals surface area contributed by atoms with Crippen LogP contribution in [-0.4, -0.2) is 25.9 Å². The van der Waals surface area contributed by atoms with Gasteiger partial charge in [0.05, 0.1) is 36.4 Å². The zero-order valence-corrected chi connectivity index (χ0v) is 22.2. The Morgan fingerprint density at radius 2 is 1.00 bits per heavy atom. The van der Waals surface area contributed by atoms with Crippen LogP contribution >= 0.6 is 0 Å². The van der Waals surface area contributed by atoms with E-state index in [-0.39, 0.29) is 10.8 Å². The summed E-state index contributed by atoms with van der Waals surface area (Å²) in [5.41, 5.74) is 13.8. The van der Waals surface area contributed by atoms with Gasteiger partial charge in [0.2, 0.25) is 0 Å². The summed E-state index contributed by atoms with van der Waals surface area (Å²) in [6.07, 6.45) is 12.5. The number of hydrogen-bond acceptors (Lipinski definition) is 6. The molecule has 2 saturated carbocycles. The summed E-state index contributed by atoms with van der Waals surface area (Å²) in [4.78, 5) is 19.7. The Labute approximate surface area is 215 Å². The molecule has 0 amide bonds. The topological polar surface area (TPSA) is 67.2 Å². The van der Waals surface area contributed by atoms with Gasteiger partial charge in [0.25, 0.3) is 0 Å². The number of nitrogens with one attached hydrogen (secondary N) is 2. The minimum atomic E-state index is 0.0790. The molecular weight excluding hydrogens is 448 g/mol. The Hall–Kier alpha value is -2.70. The molecule has 36 heavy (non-hydrogen) atoms. The smallest absolute Gasteiger partial charge is 0.137 e. The number of aryl methyl sites for hydroxylation is 2. The molecule has 0 radical (unpaired) electrons. The number of fused-ring (bicyclic) bond motifs is 4. The summed E-state index contributed by atoms with van der Waals surface area (Å²) in [6, 6.07) is 13.1. The van der Waals surface area contributed by atoms with Gasteiger partial charge in [-0.25, -0.2) is 9.98 Å². The third-order valence-corrected chi connectivity index (χ3v) is 8.52. The van der Waals surface area contributed by atoms with Gasteiger partial charge in [-0.1, -0.05) is 73.9 Å². The number of nitrogens with zero attached hydrogens (tertiary/aromatic N) is 2. The van der Waals surface area contributed by atoms with Crippen LogP contribution in [0.25, 0.3) is 0 Å². The molecule has 6 rings (SSSR count). The number of hydroxylamine groups is 2. The van der Waals surface area contributed by atoms with Crippen molar-refractivity contribution in [3.63, 3.8) is 0 Å². The molecule has 0 saturated heterocycles. The second kappa shape index (κ2) is 10.3. The molecular formula is C30H40N4O2. The van der Waals surface area contributed by atoms with Gasteiger partial charge < -0.3 is 0 Å². The predicted molar refractivity (Wildman–Crippen MR) is 146 cm³/mol. The predicted octanol–water partition coefficient (Wildman–Crippen LogP) is 6.78. The van der Waals surface area contributed by atoms with Gasteiger partial charge in [-0.15, -0.1) is 0 Å². The normalized spacial score (nSPS) is 20.7. The molecule has 6 nitrogen and oxygen atoms in total. The van der Waals surface area contributed by atoms with Gasteiger partial charge in [-0.05, 0) is 62.8 Å². The Morgan fingerprint density at radius 3 is 1.36 bits per heavy atom. The maximum absolute atomic E-state index is 5.13. The van der Waals surface area contributed by atoms with Crippen LogP contribution in [0.4, 0.5) is 11.4 Å². The molecule has 0 unspecified atom stereocenters. The molecule has 0 atom stereocenters. The van der Waals surface area contributed by atoms with Crippen molar-refractivity contribution in [3.05, 3.63) is 58.7 Å². The van der Waals surface area contributed by atoms with E-state index in [9.17, 15) is 0 Å². The van der Waals surface area contributed by atoms with Crippen molar-refractivity contribution in [2.24, 2.45) is 9.98 Å². The van der Waals surface area contributed by atoms with E-state index in [0.717, 1.165) is 23.0 Å². The molecule has 0 aromatic heterocycles. The standard InChI is InChI=1S/2C15H20N2O/c2*1-11-6-7-13-12(10-11)15(8-4-3-5-9-15)14(16-13)17-18-2/h2*6-7,10H,3-5,8-9H2,1-2H3,(H,16,17). The van der Waals surface area contributed by atoms with Crippen LogP contribution in [0.1, 0.15) is 86.5 Å². The fourth-order valence-electron chi connectivity index (χ4n) is 6.73. The van der Waals surface area contributed by atoms with E-state index in [2.05, 4.69) is 61.2 Å². The fraction of sp³-hybridized carbons (Fsp3) is 0.533. The first-order valence-corrected chi connectivity index (χ1v) is 13.5. The average Bonchev–Trinajstić information content (AvgIpc) is 3.33. The second-order valence-electron chi connectivity index (χ2n) is 10.9. The largest absolute Gasteiger partial charge is 0.278 e. The number of benzene rings is 2. The van der Waals surface area contributed by atoms with Crippen molar-refractivity contribution in [1.82, 2.24) is 11.0 Å². The Balaban J connectivity index is 0.000000148. The van der Waals surface area contributed by atoms with E-state index in [1.807, 2.05) is 0 Å². The van der Waals surface area contributed by atoms with Crippen molar-refractivity contribution in [3.8, 4) is 0 Å². The Kier molecular flexibility index (Phi) is 7.18. The van der Waals surface area contributed by atoms with Gasteiger partial charge in [0, 0.05) is 0 Å². The molecule has 2 fully saturated rings. The summed E-state index contributed by atoms with van der Waals surface area (Å²) < 4.78 is 0. The lowest BCUT2D eigenvalue weighted by Crippen LogP contribution is -2.43. The first-order valence-electron chi connectivity index (χ1n) is 13.5. The number of hydrogen-bond donors (Lipinski definition) is 2. The summed E-state index contributed by atoms with van der Waals surface area (Å²) in [7, 11) is 3.32. The monoisotopic (exact) mass is 488 g/mol. The van der Waals surface area contributed by atoms with E-state index in [1.54, 1.807) is 14.2 Å². The highest BCUT2D eigenvalue weighted by atomic mass is 16.6. The van der Waals surface area contributed by atoms with E-state index < -0.39 is 0 Å². The number of amidine groups is 2. The highest BCUT2D eigenvalue weighted by molar-refractivity contribution is 6.00. The summed E-state index contributed by atoms with van der Waals surface area (Å²) in [6.45, 7) is 4.30. The van der Waals surface area contributed by atoms with Crippen LogP contribution < -0.4 is 11.0 Å². The first kappa shape index (κ1) is 25.0. The Bertz CT molecular complexity index is 1070. The SMILES string of the molecule is CONC1=Nc2ccc(C)cc2C12CCCCC2.CONC1=Nc2ccc(C)cc2C12CCCCC2. The molecule has 2 aliphatic carbocycles. The quantitative estimate of drug-likeness (QED) is 0.457. The molecule has 2 heterocycles. The lowest BCUT2D eigenvalue weighted by Gasteiger charge is -2.35. The number of rotatable bonds is 2. The van der Waals surface area contributed by atoms with E-state index in [0.29, 0.717) is 0 Å². The molecule has 2 spiro atoms. The van der Waals surface area contributed by atoms with Crippen molar-refractivity contribution in [2.75, 3.05) is 14.2 Å². The van der Waals surface area contributed by atoms with E-state index in [1.165, 1.54) is 86.5 Å². The summed E-state index contributed by atoms with van der Waals surface area (Å²) in [5, 5.41) is 0. The van der Waals surface area contributed by atoms with Crippen LogP contribution in [0.15, 0.2) is 46.4 Å². The van der Waals surface area contributed by atoms with Gasteiger partial charge in [-0.2, -0.15) is 0 Å². The molecule has 2 aromatic rings. The van der Waals surface area contributed by atoms with Crippen molar-refractivity contribution >= 4 is 23.0 Å². The van der Waals surface area contributed by atoms with Crippen LogP contribution in [0.2, 0.25) is 0 Å². The molecule has 2 aliphatic heterocycles. The van der Waals surface area contributed by atoms with Crippen LogP contribution in [0.3, 0.4) is 0 Å². The molecule has 4 aliphatic rings. The minimum absolute atomic E-state index is 0.0790. The lowest BCUT2D eigenvalue weighted by atomic mass is 9.69. The Morgan fingerprint density at radius 1 is 0.611 bits per heavy atom. The highest BCUT2D eigenvalue weighted by Gasteiger charge is 2.45. The summed E-state index contributed by atoms with van der Waals surface area (Å²) in [5.74, 6) is 2.01. The maximum Gasteiger partial charge on any atom is 0.137 e. The lowest BCUT2D eigenvalue weighted by molar-refractivity contribution is 0.136. The van der Waals surface area contributed by atoms with Crippen LogP contribution in [0.5, 0.6) is 0 Å². The van der Waals surface area contributed by atoms with Gasteiger partial charge in [0.1, 0.15) is 11.7 Å². The van der Waals surface area contributed by atoms with Crippen LogP contribution in [0, 0.1) is 13.8 Å². The van der Waals surface area contributed by atoms with Crippen LogP contribution in [-0.2, 0) is 20.5 Å².